The van der Waals surface area contributed by atoms with Crippen LogP contribution in [0.25, 0.3) is 0 Å². The first kappa shape index (κ1) is 14.2. The second-order valence-electron chi connectivity index (χ2n) is 4.30. The highest BCUT2D eigenvalue weighted by atomic mass is 32.2. The molecule has 19 heavy (non-hydrogen) atoms. The molecule has 7 nitrogen and oxygen atoms in total. The van der Waals surface area contributed by atoms with Crippen molar-refractivity contribution in [1.82, 2.24) is 9.29 Å². The van der Waals surface area contributed by atoms with Crippen LogP contribution >= 0.6 is 11.3 Å². The molecular formula is C10H17N5O2S2. The number of aromatic nitrogens is 1. The van der Waals surface area contributed by atoms with Gasteiger partial charge in [-0.1, -0.05) is 18.3 Å². The first-order chi connectivity index (χ1) is 8.92. The van der Waals surface area contributed by atoms with E-state index in [1.165, 1.54) is 15.6 Å². The Hall–Kier alpha value is -1.19. The van der Waals surface area contributed by atoms with Gasteiger partial charge in [0.1, 0.15) is 0 Å². The fourth-order valence-electron chi connectivity index (χ4n) is 1.94. The van der Waals surface area contributed by atoms with Crippen LogP contribution in [0.4, 0.5) is 5.13 Å². The van der Waals surface area contributed by atoms with Crippen LogP contribution in [0, 0.1) is 0 Å². The number of hydrogen-bond acceptors (Lipinski definition) is 5. The van der Waals surface area contributed by atoms with Crippen LogP contribution < -0.4 is 11.5 Å². The molecule has 2 heterocycles. The van der Waals surface area contributed by atoms with E-state index in [-0.39, 0.29) is 11.7 Å². The largest absolute Gasteiger partial charge is 0.370 e. The predicted octanol–water partition coefficient (Wildman–Crippen LogP) is 0.146. The molecule has 0 atom stereocenters. The molecule has 1 aliphatic rings. The summed E-state index contributed by atoms with van der Waals surface area (Å²) in [5, 5.41) is 0.486. The van der Waals surface area contributed by atoms with Crippen LogP contribution in [0.1, 0.15) is 23.9 Å². The number of fused-ring (bicyclic) bond motifs is 1. The van der Waals surface area contributed by atoms with Gasteiger partial charge in [0.25, 0.3) is 0 Å². The molecular weight excluding hydrogens is 286 g/mol. The van der Waals surface area contributed by atoms with Crippen molar-refractivity contribution in [3.05, 3.63) is 10.6 Å². The van der Waals surface area contributed by atoms with E-state index < -0.39 is 10.0 Å². The summed E-state index contributed by atoms with van der Waals surface area (Å²) >= 11 is 1.34. The Balaban J connectivity index is 2.20. The van der Waals surface area contributed by atoms with Crippen molar-refractivity contribution in [2.75, 3.05) is 12.3 Å². The summed E-state index contributed by atoms with van der Waals surface area (Å²) < 4.78 is 25.6. The normalized spacial score (nSPS) is 16.1. The van der Waals surface area contributed by atoms with E-state index in [2.05, 4.69) is 9.98 Å². The molecule has 0 aliphatic carbocycles. The molecule has 0 saturated carbocycles. The lowest BCUT2D eigenvalue weighted by Crippen LogP contribution is -2.36. The number of rotatable bonds is 4. The number of hydrogen-bond donors (Lipinski definition) is 2. The number of nitrogens with two attached hydrogens (primary N) is 2. The highest BCUT2D eigenvalue weighted by molar-refractivity contribution is 7.89. The van der Waals surface area contributed by atoms with Gasteiger partial charge in [0, 0.05) is 24.4 Å². The Kier molecular flexibility index (Phi) is 4.07. The van der Waals surface area contributed by atoms with Gasteiger partial charge in [0.05, 0.1) is 11.4 Å². The minimum atomic E-state index is -3.16. The minimum Gasteiger partial charge on any atom is -0.370 e. The first-order valence-corrected chi connectivity index (χ1v) is 8.41. The van der Waals surface area contributed by atoms with Crippen LogP contribution in [0.3, 0.4) is 0 Å². The SMILES string of the molecule is CCCS(=O)(=O)N1CCc2nc(N=C(N)N)sc2C1. The van der Waals surface area contributed by atoms with E-state index in [0.29, 0.717) is 31.1 Å². The lowest BCUT2D eigenvalue weighted by molar-refractivity contribution is 0.392. The molecule has 9 heteroatoms. The maximum atomic E-state index is 12.0. The molecule has 0 spiro atoms. The van der Waals surface area contributed by atoms with Gasteiger partial charge in [0.15, 0.2) is 5.96 Å². The molecule has 106 valence electrons. The second-order valence-corrected chi connectivity index (χ2v) is 7.45. The molecule has 1 aliphatic heterocycles. The standard InChI is InChI=1S/C10H17N5O2S2/c1-2-5-19(16,17)15-4-3-7-8(6-15)18-10(13-7)14-9(11)12/h2-6H2,1H3,(H4,11,12,13,14). The van der Waals surface area contributed by atoms with E-state index in [1.807, 2.05) is 6.92 Å². The third kappa shape index (κ3) is 3.23. The van der Waals surface area contributed by atoms with Gasteiger partial charge in [-0.3, -0.25) is 0 Å². The lowest BCUT2D eigenvalue weighted by atomic mass is 10.2. The number of nitrogens with zero attached hydrogens (tertiary/aromatic N) is 3. The van der Waals surface area contributed by atoms with Gasteiger partial charge >= 0.3 is 0 Å². The van der Waals surface area contributed by atoms with E-state index in [9.17, 15) is 8.42 Å². The predicted molar refractivity (Wildman–Crippen MR) is 75.8 cm³/mol. The van der Waals surface area contributed by atoms with Gasteiger partial charge in [0.2, 0.25) is 15.2 Å². The average molecular weight is 303 g/mol. The van der Waals surface area contributed by atoms with E-state index in [0.717, 1.165) is 10.6 Å². The molecule has 0 amide bonds. The molecule has 0 fully saturated rings. The highest BCUT2D eigenvalue weighted by Crippen LogP contribution is 2.31. The summed E-state index contributed by atoms with van der Waals surface area (Å²) in [6.07, 6.45) is 1.22. The summed E-state index contributed by atoms with van der Waals surface area (Å²) in [7, 11) is -3.16. The second kappa shape index (κ2) is 5.43. The van der Waals surface area contributed by atoms with Crippen LogP contribution in [-0.2, 0) is 23.0 Å². The van der Waals surface area contributed by atoms with Crippen molar-refractivity contribution in [2.24, 2.45) is 16.5 Å². The van der Waals surface area contributed by atoms with Crippen molar-refractivity contribution in [3.8, 4) is 0 Å². The number of sulfonamides is 1. The van der Waals surface area contributed by atoms with Crippen LogP contribution in [0.5, 0.6) is 0 Å². The van der Waals surface area contributed by atoms with Crippen molar-refractivity contribution in [2.45, 2.75) is 26.3 Å². The number of guanidine groups is 1. The van der Waals surface area contributed by atoms with Crippen molar-refractivity contribution in [1.29, 1.82) is 0 Å². The molecule has 0 bridgehead atoms. The molecule has 0 aromatic carbocycles. The zero-order valence-corrected chi connectivity index (χ0v) is 12.3. The van der Waals surface area contributed by atoms with E-state index in [4.69, 9.17) is 11.5 Å². The Morgan fingerprint density at radius 2 is 2.26 bits per heavy atom. The maximum Gasteiger partial charge on any atom is 0.214 e. The van der Waals surface area contributed by atoms with Crippen molar-refractivity contribution in [3.63, 3.8) is 0 Å². The average Bonchev–Trinajstić information content (AvgIpc) is 2.68. The summed E-state index contributed by atoms with van der Waals surface area (Å²) in [6.45, 7) is 2.70. The molecule has 0 radical (unpaired) electrons. The Labute approximate surface area is 116 Å². The molecule has 1 aromatic rings. The van der Waals surface area contributed by atoms with Crippen LogP contribution in [0.2, 0.25) is 0 Å². The van der Waals surface area contributed by atoms with Crippen molar-refractivity contribution >= 4 is 32.5 Å². The van der Waals surface area contributed by atoms with Gasteiger partial charge in [-0.15, -0.1) is 0 Å². The van der Waals surface area contributed by atoms with E-state index in [1.54, 1.807) is 0 Å². The topological polar surface area (TPSA) is 115 Å². The van der Waals surface area contributed by atoms with Crippen molar-refractivity contribution < 1.29 is 8.42 Å². The molecule has 0 unspecified atom stereocenters. The number of aliphatic imine (C=N–C) groups is 1. The molecule has 4 N–H and O–H groups in total. The highest BCUT2D eigenvalue weighted by Gasteiger charge is 2.28. The van der Waals surface area contributed by atoms with Gasteiger partial charge in [-0.2, -0.15) is 9.30 Å². The first-order valence-electron chi connectivity index (χ1n) is 5.98. The third-order valence-corrected chi connectivity index (χ3v) is 5.76. The Morgan fingerprint density at radius 3 is 2.89 bits per heavy atom. The van der Waals surface area contributed by atoms with E-state index >= 15 is 0 Å². The van der Waals surface area contributed by atoms with Gasteiger partial charge < -0.3 is 11.5 Å². The molecule has 0 saturated heterocycles. The third-order valence-electron chi connectivity index (χ3n) is 2.77. The lowest BCUT2D eigenvalue weighted by Gasteiger charge is -2.25. The summed E-state index contributed by atoms with van der Waals surface area (Å²) in [5.74, 6) is 0.142. The zero-order chi connectivity index (χ0) is 14.0. The fraction of sp³-hybridized carbons (Fsp3) is 0.600. The van der Waals surface area contributed by atoms with Gasteiger partial charge in [-0.25, -0.2) is 13.4 Å². The van der Waals surface area contributed by atoms with Crippen LogP contribution in [0.15, 0.2) is 4.99 Å². The Bertz CT molecular complexity index is 589. The zero-order valence-electron chi connectivity index (χ0n) is 10.7. The Morgan fingerprint density at radius 1 is 1.53 bits per heavy atom. The molecule has 2 rings (SSSR count). The maximum absolute atomic E-state index is 12.0. The van der Waals surface area contributed by atoms with Crippen LogP contribution in [-0.4, -0.2) is 36.0 Å². The smallest absolute Gasteiger partial charge is 0.214 e. The van der Waals surface area contributed by atoms with Gasteiger partial charge in [-0.05, 0) is 6.42 Å². The summed E-state index contributed by atoms with van der Waals surface area (Å²) in [5.41, 5.74) is 11.5. The quantitative estimate of drug-likeness (QED) is 0.607. The minimum absolute atomic E-state index is 0.0402. The molecule has 1 aromatic heterocycles. The summed E-state index contributed by atoms with van der Waals surface area (Å²) in [6, 6.07) is 0. The fourth-order valence-corrected chi connectivity index (χ4v) is 4.51. The number of thiazole rings is 1. The monoisotopic (exact) mass is 303 g/mol. The summed E-state index contributed by atoms with van der Waals surface area (Å²) in [4.78, 5) is 9.12.